The number of carbonyl (C=O) groups excluding carboxylic acids is 1. The largest absolute Gasteiger partial charge is 0.465 e. The smallest absolute Gasteiger partial charge is 0.348 e. The molecule has 1 unspecified atom stereocenters. The van der Waals surface area contributed by atoms with Crippen molar-refractivity contribution in [2.24, 2.45) is 0 Å². The van der Waals surface area contributed by atoms with Crippen molar-refractivity contribution in [3.05, 3.63) is 32.0 Å². The fraction of sp³-hybridized carbons (Fsp3) is 0.444. The Hall–Kier alpha value is -1.43. The summed E-state index contributed by atoms with van der Waals surface area (Å²) in [5.41, 5.74) is 0. The van der Waals surface area contributed by atoms with Gasteiger partial charge in [0.25, 0.3) is 0 Å². The highest BCUT2D eigenvalue weighted by atomic mass is 32.1. The van der Waals surface area contributed by atoms with E-state index in [1.54, 1.807) is 12.1 Å². The summed E-state index contributed by atoms with van der Waals surface area (Å²) in [7, 11) is 1.31. The third-order valence-electron chi connectivity index (χ3n) is 1.90. The summed E-state index contributed by atoms with van der Waals surface area (Å²) in [6.45, 7) is 1.54. The Morgan fingerprint density at radius 1 is 1.67 bits per heavy atom. The molecular formula is C9H11NO4S. The second-order valence-electron chi connectivity index (χ2n) is 3.10. The molecule has 0 radical (unpaired) electrons. The van der Waals surface area contributed by atoms with Crippen molar-refractivity contribution in [1.82, 2.24) is 0 Å². The van der Waals surface area contributed by atoms with E-state index in [1.165, 1.54) is 25.4 Å². The van der Waals surface area contributed by atoms with Crippen LogP contribution in [0.5, 0.6) is 0 Å². The fourth-order valence-corrected chi connectivity index (χ4v) is 2.11. The summed E-state index contributed by atoms with van der Waals surface area (Å²) < 4.78 is 4.54. The highest BCUT2D eigenvalue weighted by Crippen LogP contribution is 2.19. The first-order chi connectivity index (χ1) is 7.04. The number of carbonyl (C=O) groups is 1. The number of rotatable bonds is 4. The normalized spacial score (nSPS) is 12.1. The average molecular weight is 229 g/mol. The Bertz CT molecular complexity index is 374. The van der Waals surface area contributed by atoms with Gasteiger partial charge in [-0.2, -0.15) is 0 Å². The van der Waals surface area contributed by atoms with E-state index in [0.29, 0.717) is 11.3 Å². The van der Waals surface area contributed by atoms with E-state index in [0.717, 1.165) is 4.88 Å². The highest BCUT2D eigenvalue weighted by molar-refractivity contribution is 7.13. The first kappa shape index (κ1) is 11.6. The maximum absolute atomic E-state index is 11.1. The molecule has 6 heteroatoms. The zero-order chi connectivity index (χ0) is 11.4. The summed E-state index contributed by atoms with van der Waals surface area (Å²) in [6.07, 6.45) is 0.342. The lowest BCUT2D eigenvalue weighted by Gasteiger charge is -2.00. The molecule has 5 nitrogen and oxygen atoms in total. The van der Waals surface area contributed by atoms with Crippen LogP contribution in [0.3, 0.4) is 0 Å². The predicted octanol–water partition coefficient (Wildman–Crippen LogP) is 1.74. The minimum Gasteiger partial charge on any atom is -0.465 e. The van der Waals surface area contributed by atoms with E-state index in [2.05, 4.69) is 4.74 Å². The van der Waals surface area contributed by atoms with E-state index >= 15 is 0 Å². The molecule has 82 valence electrons. The monoisotopic (exact) mass is 229 g/mol. The van der Waals surface area contributed by atoms with E-state index in [9.17, 15) is 14.9 Å². The second kappa shape index (κ2) is 4.88. The van der Waals surface area contributed by atoms with Gasteiger partial charge in [-0.15, -0.1) is 11.3 Å². The zero-order valence-corrected chi connectivity index (χ0v) is 9.24. The highest BCUT2D eigenvalue weighted by Gasteiger charge is 2.16. The number of hydrogen-bond donors (Lipinski definition) is 0. The van der Waals surface area contributed by atoms with Gasteiger partial charge in [0, 0.05) is 23.1 Å². The third-order valence-corrected chi connectivity index (χ3v) is 2.99. The molecule has 1 rings (SSSR count). The molecule has 0 spiro atoms. The van der Waals surface area contributed by atoms with Crippen LogP contribution in [0.15, 0.2) is 12.1 Å². The Balaban J connectivity index is 2.68. The summed E-state index contributed by atoms with van der Waals surface area (Å²) >= 11 is 1.23. The van der Waals surface area contributed by atoms with Gasteiger partial charge in [0.15, 0.2) is 0 Å². The Morgan fingerprint density at radius 2 is 2.33 bits per heavy atom. The van der Waals surface area contributed by atoms with Crippen molar-refractivity contribution in [2.75, 3.05) is 7.11 Å². The SMILES string of the molecule is COC(=O)c1ccc(CC(C)[N+](=O)[O-])s1. The van der Waals surface area contributed by atoms with Gasteiger partial charge in [-0.05, 0) is 12.1 Å². The molecule has 1 heterocycles. The number of methoxy groups -OCH3 is 1. The zero-order valence-electron chi connectivity index (χ0n) is 8.43. The molecule has 0 saturated carbocycles. The van der Waals surface area contributed by atoms with Crippen LogP contribution in [0.4, 0.5) is 0 Å². The molecule has 0 aliphatic rings. The van der Waals surface area contributed by atoms with Crippen molar-refractivity contribution in [1.29, 1.82) is 0 Å². The average Bonchev–Trinajstić information content (AvgIpc) is 2.65. The van der Waals surface area contributed by atoms with Crippen LogP contribution in [0.1, 0.15) is 21.5 Å². The lowest BCUT2D eigenvalue weighted by molar-refractivity contribution is -0.517. The summed E-state index contributed by atoms with van der Waals surface area (Å²) in [5, 5.41) is 10.4. The van der Waals surface area contributed by atoms with E-state index in [-0.39, 0.29) is 4.92 Å². The molecule has 0 amide bonds. The molecule has 1 atom stereocenters. The minimum absolute atomic E-state index is 0.336. The van der Waals surface area contributed by atoms with Crippen LogP contribution in [-0.2, 0) is 11.2 Å². The number of nitro groups is 1. The molecule has 1 aromatic heterocycles. The van der Waals surface area contributed by atoms with Gasteiger partial charge in [-0.1, -0.05) is 0 Å². The quantitative estimate of drug-likeness (QED) is 0.448. The molecule has 0 bridgehead atoms. The molecular weight excluding hydrogens is 218 g/mol. The van der Waals surface area contributed by atoms with Crippen LogP contribution >= 0.6 is 11.3 Å². The van der Waals surface area contributed by atoms with Gasteiger partial charge < -0.3 is 4.74 Å². The molecule has 0 aliphatic heterocycles. The van der Waals surface area contributed by atoms with Gasteiger partial charge in [0.1, 0.15) is 4.88 Å². The lowest BCUT2D eigenvalue weighted by atomic mass is 10.2. The van der Waals surface area contributed by atoms with Crippen LogP contribution < -0.4 is 0 Å². The van der Waals surface area contributed by atoms with Crippen LogP contribution in [0, 0.1) is 10.1 Å². The van der Waals surface area contributed by atoms with E-state index < -0.39 is 12.0 Å². The summed E-state index contributed by atoms with van der Waals surface area (Å²) in [4.78, 5) is 22.5. The van der Waals surface area contributed by atoms with Crippen LogP contribution in [0.2, 0.25) is 0 Å². The van der Waals surface area contributed by atoms with Crippen molar-refractivity contribution in [3.63, 3.8) is 0 Å². The van der Waals surface area contributed by atoms with Gasteiger partial charge in [0.2, 0.25) is 6.04 Å². The molecule has 0 fully saturated rings. The fourth-order valence-electron chi connectivity index (χ4n) is 1.06. The van der Waals surface area contributed by atoms with Crippen molar-refractivity contribution in [3.8, 4) is 0 Å². The van der Waals surface area contributed by atoms with Crippen molar-refractivity contribution in [2.45, 2.75) is 19.4 Å². The number of hydrogen-bond acceptors (Lipinski definition) is 5. The number of thiophene rings is 1. The number of ether oxygens (including phenoxy) is 1. The van der Waals surface area contributed by atoms with E-state index in [4.69, 9.17) is 0 Å². The minimum atomic E-state index is -0.630. The molecule has 0 saturated heterocycles. The first-order valence-corrected chi connectivity index (χ1v) is 5.16. The Labute approximate surface area is 90.8 Å². The first-order valence-electron chi connectivity index (χ1n) is 4.35. The van der Waals surface area contributed by atoms with Crippen molar-refractivity contribution >= 4 is 17.3 Å². The van der Waals surface area contributed by atoms with Gasteiger partial charge in [-0.3, -0.25) is 10.1 Å². The standard InChI is InChI=1S/C9H11NO4S/c1-6(10(12)13)5-7-3-4-8(15-7)9(11)14-2/h3-4,6H,5H2,1-2H3. The molecule has 0 aromatic carbocycles. The maximum Gasteiger partial charge on any atom is 0.348 e. The third kappa shape index (κ3) is 3.02. The summed E-state index contributed by atoms with van der Waals surface area (Å²) in [5.74, 6) is -0.403. The maximum atomic E-state index is 11.1. The second-order valence-corrected chi connectivity index (χ2v) is 4.26. The lowest BCUT2D eigenvalue weighted by Crippen LogP contribution is -2.16. The van der Waals surface area contributed by atoms with Gasteiger partial charge >= 0.3 is 5.97 Å². The molecule has 0 aliphatic carbocycles. The predicted molar refractivity (Wildman–Crippen MR) is 55.8 cm³/mol. The number of nitrogens with zero attached hydrogens (tertiary/aromatic N) is 1. The Kier molecular flexibility index (Phi) is 3.79. The molecule has 0 N–H and O–H groups in total. The van der Waals surface area contributed by atoms with Gasteiger partial charge in [-0.25, -0.2) is 4.79 Å². The molecule has 15 heavy (non-hydrogen) atoms. The van der Waals surface area contributed by atoms with Crippen molar-refractivity contribution < 1.29 is 14.5 Å². The Morgan fingerprint density at radius 3 is 2.87 bits per heavy atom. The number of esters is 1. The summed E-state index contributed by atoms with van der Waals surface area (Å²) in [6, 6.07) is 2.71. The topological polar surface area (TPSA) is 69.4 Å². The molecule has 1 aromatic rings. The van der Waals surface area contributed by atoms with Crippen LogP contribution in [0.25, 0.3) is 0 Å². The van der Waals surface area contributed by atoms with E-state index in [1.807, 2.05) is 0 Å². The van der Waals surface area contributed by atoms with Gasteiger partial charge in [0.05, 0.1) is 7.11 Å². The van der Waals surface area contributed by atoms with Crippen LogP contribution in [-0.4, -0.2) is 24.0 Å².